The van der Waals surface area contributed by atoms with Crippen molar-refractivity contribution in [1.29, 1.82) is 0 Å². The lowest BCUT2D eigenvalue weighted by Gasteiger charge is -2.15. The summed E-state index contributed by atoms with van der Waals surface area (Å²) >= 11 is 15.3. The van der Waals surface area contributed by atoms with E-state index in [0.717, 1.165) is 40.1 Å². The van der Waals surface area contributed by atoms with Crippen molar-refractivity contribution in [3.05, 3.63) is 127 Å². The van der Waals surface area contributed by atoms with Gasteiger partial charge >= 0.3 is 0 Å². The first-order chi connectivity index (χ1) is 16.5. The van der Waals surface area contributed by atoms with Gasteiger partial charge in [0.05, 0.1) is 0 Å². The van der Waals surface area contributed by atoms with Crippen molar-refractivity contribution in [3.8, 4) is 44.5 Å². The summed E-state index contributed by atoms with van der Waals surface area (Å²) in [6, 6.07) is 38.2. The van der Waals surface area contributed by atoms with Crippen LogP contribution in [0.15, 0.2) is 127 Å². The summed E-state index contributed by atoms with van der Waals surface area (Å²) in [5.41, 5.74) is 9.30. The minimum atomic E-state index is 1.04. The van der Waals surface area contributed by atoms with E-state index in [2.05, 4.69) is 161 Å². The number of hydrogen-bond donors (Lipinski definition) is 0. The third kappa shape index (κ3) is 4.87. The molecule has 0 spiro atoms. The van der Waals surface area contributed by atoms with Crippen molar-refractivity contribution in [1.82, 2.24) is 0 Å². The van der Waals surface area contributed by atoms with Gasteiger partial charge in [-0.1, -0.05) is 149 Å². The molecule has 34 heavy (non-hydrogen) atoms. The maximum atomic E-state index is 3.83. The minimum Gasteiger partial charge on any atom is -0.0622 e. The standard InChI is InChI=1S/C30H18Br4/c31-27-15-21(19-7-3-1-4-8-19)11-13-23(27)25-17-30(34)26(18-29(25)33)24-14-12-22(16-28(24)32)20-9-5-2-6-10-20/h1-18H. The summed E-state index contributed by atoms with van der Waals surface area (Å²) in [5.74, 6) is 0. The molecule has 0 bridgehead atoms. The van der Waals surface area contributed by atoms with Gasteiger partial charge in [0, 0.05) is 17.9 Å². The largest absolute Gasteiger partial charge is 0.0622 e. The van der Waals surface area contributed by atoms with Gasteiger partial charge in [0.2, 0.25) is 0 Å². The third-order valence-electron chi connectivity index (χ3n) is 5.79. The van der Waals surface area contributed by atoms with Crippen LogP contribution in [0.4, 0.5) is 0 Å². The average Bonchev–Trinajstić information content (AvgIpc) is 2.86. The Hall–Kier alpha value is -1.98. The normalized spacial score (nSPS) is 10.9. The van der Waals surface area contributed by atoms with Crippen LogP contribution in [-0.4, -0.2) is 0 Å². The number of rotatable bonds is 4. The van der Waals surface area contributed by atoms with Crippen LogP contribution in [0.5, 0.6) is 0 Å². The van der Waals surface area contributed by atoms with Crippen LogP contribution >= 0.6 is 63.7 Å². The predicted octanol–water partition coefficient (Wildman–Crippen LogP) is 11.4. The van der Waals surface area contributed by atoms with Gasteiger partial charge in [-0.15, -0.1) is 0 Å². The molecule has 0 fully saturated rings. The molecule has 0 saturated heterocycles. The van der Waals surface area contributed by atoms with E-state index in [-0.39, 0.29) is 0 Å². The van der Waals surface area contributed by atoms with Crippen LogP contribution in [-0.2, 0) is 0 Å². The highest BCUT2D eigenvalue weighted by molar-refractivity contribution is 9.11. The van der Waals surface area contributed by atoms with Crippen LogP contribution in [0.1, 0.15) is 0 Å². The molecular formula is C30H18Br4. The summed E-state index contributed by atoms with van der Waals surface area (Å²) in [6.07, 6.45) is 0. The molecule has 5 aromatic carbocycles. The maximum Gasteiger partial charge on any atom is 0.0261 e. The molecule has 0 aliphatic carbocycles. The Labute approximate surface area is 233 Å². The molecule has 0 aliphatic heterocycles. The molecule has 0 amide bonds. The Morgan fingerprint density at radius 1 is 0.294 bits per heavy atom. The molecule has 0 N–H and O–H groups in total. The SMILES string of the molecule is Brc1cc(-c2ccccc2)ccc1-c1cc(Br)c(-c2ccc(-c3ccccc3)cc2Br)cc1Br. The molecule has 5 rings (SSSR count). The summed E-state index contributed by atoms with van der Waals surface area (Å²) < 4.78 is 4.20. The van der Waals surface area contributed by atoms with Crippen molar-refractivity contribution >= 4 is 63.7 Å². The van der Waals surface area contributed by atoms with Gasteiger partial charge in [0.25, 0.3) is 0 Å². The van der Waals surface area contributed by atoms with Gasteiger partial charge in [-0.05, 0) is 68.8 Å². The Morgan fingerprint density at radius 3 is 1.00 bits per heavy atom. The maximum absolute atomic E-state index is 3.83. The van der Waals surface area contributed by atoms with Crippen molar-refractivity contribution in [2.75, 3.05) is 0 Å². The Kier molecular flexibility index (Phi) is 7.22. The second-order valence-electron chi connectivity index (χ2n) is 7.93. The fourth-order valence-corrected chi connectivity index (χ4v) is 6.35. The molecule has 166 valence electrons. The summed E-state index contributed by atoms with van der Waals surface area (Å²) in [7, 11) is 0. The molecule has 0 unspecified atom stereocenters. The number of benzene rings is 5. The Balaban J connectivity index is 1.51. The van der Waals surface area contributed by atoms with Gasteiger partial charge < -0.3 is 0 Å². The van der Waals surface area contributed by atoms with Crippen LogP contribution in [0.2, 0.25) is 0 Å². The Bertz CT molecular complexity index is 1360. The van der Waals surface area contributed by atoms with Gasteiger partial charge in [-0.3, -0.25) is 0 Å². The monoisotopic (exact) mass is 694 g/mol. The van der Waals surface area contributed by atoms with Gasteiger partial charge in [-0.25, -0.2) is 0 Å². The number of halogens is 4. The highest BCUT2D eigenvalue weighted by Crippen LogP contribution is 2.43. The molecule has 0 saturated carbocycles. The first-order valence-corrected chi connectivity index (χ1v) is 13.9. The zero-order valence-corrected chi connectivity index (χ0v) is 24.2. The van der Waals surface area contributed by atoms with Crippen LogP contribution < -0.4 is 0 Å². The van der Waals surface area contributed by atoms with Crippen LogP contribution in [0, 0.1) is 0 Å². The van der Waals surface area contributed by atoms with Gasteiger partial charge in [-0.2, -0.15) is 0 Å². The van der Waals surface area contributed by atoms with E-state index in [9.17, 15) is 0 Å². The molecule has 0 nitrogen and oxygen atoms in total. The number of hydrogen-bond acceptors (Lipinski definition) is 0. The lowest BCUT2D eigenvalue weighted by Crippen LogP contribution is -1.89. The first-order valence-electron chi connectivity index (χ1n) is 10.7. The minimum absolute atomic E-state index is 1.04. The second-order valence-corrected chi connectivity index (χ2v) is 11.4. The zero-order valence-electron chi connectivity index (χ0n) is 17.9. The molecular weight excluding hydrogens is 680 g/mol. The van der Waals surface area contributed by atoms with E-state index < -0.39 is 0 Å². The quantitative estimate of drug-likeness (QED) is 0.175. The highest BCUT2D eigenvalue weighted by atomic mass is 79.9. The second kappa shape index (κ2) is 10.3. The molecule has 0 aliphatic rings. The zero-order chi connectivity index (χ0) is 23.7. The van der Waals surface area contributed by atoms with Crippen molar-refractivity contribution in [2.24, 2.45) is 0 Å². The van der Waals surface area contributed by atoms with E-state index in [0.29, 0.717) is 0 Å². The summed E-state index contributed by atoms with van der Waals surface area (Å²) in [4.78, 5) is 0. The van der Waals surface area contributed by atoms with E-state index >= 15 is 0 Å². The van der Waals surface area contributed by atoms with Crippen LogP contribution in [0.3, 0.4) is 0 Å². The van der Waals surface area contributed by atoms with Gasteiger partial charge in [0.15, 0.2) is 0 Å². The summed E-state index contributed by atoms with van der Waals surface area (Å²) in [5, 5.41) is 0. The lowest BCUT2D eigenvalue weighted by molar-refractivity contribution is 1.50. The first kappa shape index (κ1) is 23.7. The van der Waals surface area contributed by atoms with Crippen molar-refractivity contribution < 1.29 is 0 Å². The highest BCUT2D eigenvalue weighted by Gasteiger charge is 2.15. The molecule has 0 atom stereocenters. The van der Waals surface area contributed by atoms with E-state index in [4.69, 9.17) is 0 Å². The van der Waals surface area contributed by atoms with Gasteiger partial charge in [0.1, 0.15) is 0 Å². The van der Waals surface area contributed by atoms with Crippen molar-refractivity contribution in [2.45, 2.75) is 0 Å². The van der Waals surface area contributed by atoms with E-state index in [1.165, 1.54) is 22.3 Å². The summed E-state index contributed by atoms with van der Waals surface area (Å²) in [6.45, 7) is 0. The van der Waals surface area contributed by atoms with E-state index in [1.54, 1.807) is 0 Å². The lowest BCUT2D eigenvalue weighted by atomic mass is 9.97. The van der Waals surface area contributed by atoms with E-state index in [1.807, 2.05) is 12.1 Å². The fraction of sp³-hybridized carbons (Fsp3) is 0. The average molecular weight is 698 g/mol. The smallest absolute Gasteiger partial charge is 0.0261 e. The molecule has 0 aromatic heterocycles. The molecule has 4 heteroatoms. The van der Waals surface area contributed by atoms with Crippen molar-refractivity contribution in [3.63, 3.8) is 0 Å². The molecule has 5 aromatic rings. The Morgan fingerprint density at radius 2 is 0.647 bits per heavy atom. The van der Waals surface area contributed by atoms with Crippen LogP contribution in [0.25, 0.3) is 44.5 Å². The predicted molar refractivity (Wildman–Crippen MR) is 159 cm³/mol. The molecule has 0 radical (unpaired) electrons. The molecule has 0 heterocycles. The topological polar surface area (TPSA) is 0 Å². The fourth-order valence-electron chi connectivity index (χ4n) is 4.05. The third-order valence-corrected chi connectivity index (χ3v) is 8.41.